The molecule has 1 aliphatic heterocycles. The summed E-state index contributed by atoms with van der Waals surface area (Å²) in [5, 5.41) is 4.04. The van der Waals surface area contributed by atoms with E-state index in [2.05, 4.69) is 23.9 Å². The Balaban J connectivity index is 1.99. The average molecular weight is 305 g/mol. The van der Waals surface area contributed by atoms with Gasteiger partial charge in [0, 0.05) is 5.92 Å². The molecule has 1 aromatic heterocycles. The summed E-state index contributed by atoms with van der Waals surface area (Å²) in [6.07, 6.45) is 1.38. The highest BCUT2D eigenvalue weighted by Gasteiger charge is 2.33. The standard InChI is InChI=1S/C15H20FN5O/c1-15(2)6-10(7-22-15)9-3-4-11(16)12(5-9)21-14(13(17)18)19-8-20-21/h3-5,8,10,13H,6-7,17-18H2,1-2H3/t10-/m1/s1. The zero-order valence-electron chi connectivity index (χ0n) is 12.7. The number of benzene rings is 1. The summed E-state index contributed by atoms with van der Waals surface area (Å²) in [5.41, 5.74) is 12.5. The van der Waals surface area contributed by atoms with Crippen LogP contribution in [-0.4, -0.2) is 27.0 Å². The largest absolute Gasteiger partial charge is 0.375 e. The van der Waals surface area contributed by atoms with Gasteiger partial charge in [0.1, 0.15) is 24.0 Å². The van der Waals surface area contributed by atoms with Crippen LogP contribution in [0.4, 0.5) is 4.39 Å². The van der Waals surface area contributed by atoms with Gasteiger partial charge >= 0.3 is 0 Å². The fourth-order valence-corrected chi connectivity index (χ4v) is 2.86. The van der Waals surface area contributed by atoms with Crippen LogP contribution in [0, 0.1) is 5.82 Å². The highest BCUT2D eigenvalue weighted by Crippen LogP contribution is 2.36. The molecule has 6 nitrogen and oxygen atoms in total. The molecule has 0 spiro atoms. The molecule has 0 radical (unpaired) electrons. The molecule has 2 heterocycles. The second kappa shape index (κ2) is 5.42. The Morgan fingerprint density at radius 3 is 2.82 bits per heavy atom. The van der Waals surface area contributed by atoms with Crippen molar-refractivity contribution in [3.8, 4) is 5.69 Å². The summed E-state index contributed by atoms with van der Waals surface area (Å²) in [6.45, 7) is 4.74. The van der Waals surface area contributed by atoms with E-state index in [0.717, 1.165) is 12.0 Å². The summed E-state index contributed by atoms with van der Waals surface area (Å²) < 4.78 is 21.3. The summed E-state index contributed by atoms with van der Waals surface area (Å²) in [5.74, 6) is 0.154. The van der Waals surface area contributed by atoms with Crippen LogP contribution in [0.1, 0.15) is 43.7 Å². The molecule has 4 N–H and O–H groups in total. The van der Waals surface area contributed by atoms with Crippen molar-refractivity contribution in [1.29, 1.82) is 0 Å². The third-order valence-electron chi connectivity index (χ3n) is 3.96. The van der Waals surface area contributed by atoms with Crippen molar-refractivity contribution in [3.05, 3.63) is 41.7 Å². The van der Waals surface area contributed by atoms with E-state index in [1.54, 1.807) is 12.1 Å². The van der Waals surface area contributed by atoms with E-state index in [-0.39, 0.29) is 11.5 Å². The van der Waals surface area contributed by atoms with Gasteiger partial charge < -0.3 is 16.2 Å². The van der Waals surface area contributed by atoms with Gasteiger partial charge in [-0.2, -0.15) is 5.10 Å². The van der Waals surface area contributed by atoms with E-state index >= 15 is 0 Å². The number of nitrogens with zero attached hydrogens (tertiary/aromatic N) is 3. The molecule has 1 atom stereocenters. The zero-order chi connectivity index (χ0) is 15.9. The molecule has 0 aliphatic carbocycles. The summed E-state index contributed by atoms with van der Waals surface area (Å²) in [7, 11) is 0. The lowest BCUT2D eigenvalue weighted by atomic mass is 9.91. The van der Waals surface area contributed by atoms with E-state index in [9.17, 15) is 4.39 Å². The molecule has 7 heteroatoms. The van der Waals surface area contributed by atoms with Crippen molar-refractivity contribution in [2.75, 3.05) is 6.61 Å². The first-order valence-electron chi connectivity index (χ1n) is 7.22. The second-order valence-corrected chi connectivity index (χ2v) is 6.24. The first-order valence-corrected chi connectivity index (χ1v) is 7.22. The van der Waals surface area contributed by atoms with E-state index in [4.69, 9.17) is 16.2 Å². The van der Waals surface area contributed by atoms with Crippen LogP contribution in [0.15, 0.2) is 24.5 Å². The normalized spacial score (nSPS) is 20.7. The first kappa shape index (κ1) is 15.1. The maximum absolute atomic E-state index is 14.2. The van der Waals surface area contributed by atoms with Crippen LogP contribution in [0.2, 0.25) is 0 Å². The van der Waals surface area contributed by atoms with E-state index in [1.807, 2.05) is 0 Å². The van der Waals surface area contributed by atoms with Crippen molar-refractivity contribution >= 4 is 0 Å². The minimum Gasteiger partial charge on any atom is -0.375 e. The van der Waals surface area contributed by atoms with E-state index in [0.29, 0.717) is 18.1 Å². The SMILES string of the molecule is CC1(C)C[C@@H](c2ccc(F)c(-n3ncnc3C(N)N)c2)CO1. The Labute approximate surface area is 128 Å². The number of aromatic nitrogens is 3. The van der Waals surface area contributed by atoms with Crippen molar-refractivity contribution in [2.45, 2.75) is 38.0 Å². The van der Waals surface area contributed by atoms with Gasteiger partial charge in [-0.1, -0.05) is 6.07 Å². The molecule has 1 saturated heterocycles. The van der Waals surface area contributed by atoms with Gasteiger partial charge in [-0.15, -0.1) is 0 Å². The third kappa shape index (κ3) is 2.75. The number of hydrogen-bond donors (Lipinski definition) is 2. The topological polar surface area (TPSA) is 92.0 Å². The van der Waals surface area contributed by atoms with Crippen molar-refractivity contribution in [1.82, 2.24) is 14.8 Å². The molecule has 0 unspecified atom stereocenters. The third-order valence-corrected chi connectivity index (χ3v) is 3.96. The van der Waals surface area contributed by atoms with Crippen molar-refractivity contribution in [3.63, 3.8) is 0 Å². The molecule has 1 aromatic carbocycles. The van der Waals surface area contributed by atoms with Gasteiger partial charge in [-0.05, 0) is 38.0 Å². The molecule has 118 valence electrons. The highest BCUT2D eigenvalue weighted by molar-refractivity contribution is 5.39. The smallest absolute Gasteiger partial charge is 0.163 e. The Morgan fingerprint density at radius 1 is 1.41 bits per heavy atom. The fraction of sp³-hybridized carbons (Fsp3) is 0.467. The fourth-order valence-electron chi connectivity index (χ4n) is 2.86. The maximum Gasteiger partial charge on any atom is 0.163 e. The number of hydrogen-bond acceptors (Lipinski definition) is 5. The van der Waals surface area contributed by atoms with E-state index < -0.39 is 12.0 Å². The van der Waals surface area contributed by atoms with Gasteiger partial charge in [-0.25, -0.2) is 14.1 Å². The lowest BCUT2D eigenvalue weighted by Gasteiger charge is -2.16. The van der Waals surface area contributed by atoms with Crippen molar-refractivity contribution < 1.29 is 9.13 Å². The maximum atomic E-state index is 14.2. The number of nitrogens with two attached hydrogens (primary N) is 2. The molecule has 22 heavy (non-hydrogen) atoms. The van der Waals surface area contributed by atoms with Crippen LogP contribution in [0.25, 0.3) is 5.69 Å². The van der Waals surface area contributed by atoms with Gasteiger partial charge in [0.05, 0.1) is 12.2 Å². The number of rotatable bonds is 3. The monoisotopic (exact) mass is 305 g/mol. The number of halogens is 1. The van der Waals surface area contributed by atoms with Gasteiger partial charge in [0.15, 0.2) is 5.82 Å². The Hall–Kier alpha value is -1.83. The van der Waals surface area contributed by atoms with Gasteiger partial charge in [0.2, 0.25) is 0 Å². The Kier molecular flexibility index (Phi) is 3.72. The minimum atomic E-state index is -0.820. The summed E-state index contributed by atoms with van der Waals surface area (Å²) in [6, 6.07) is 4.99. The molecule has 3 rings (SSSR count). The molecule has 1 fully saturated rings. The molecule has 0 bridgehead atoms. The lowest BCUT2D eigenvalue weighted by Crippen LogP contribution is -2.25. The zero-order valence-corrected chi connectivity index (χ0v) is 12.7. The second-order valence-electron chi connectivity index (χ2n) is 6.24. The number of ether oxygens (including phenoxy) is 1. The molecule has 2 aromatic rings. The van der Waals surface area contributed by atoms with Crippen LogP contribution in [0.5, 0.6) is 0 Å². The molecular weight excluding hydrogens is 285 g/mol. The van der Waals surface area contributed by atoms with Crippen LogP contribution in [0.3, 0.4) is 0 Å². The summed E-state index contributed by atoms with van der Waals surface area (Å²) >= 11 is 0. The van der Waals surface area contributed by atoms with Crippen LogP contribution in [-0.2, 0) is 4.74 Å². The highest BCUT2D eigenvalue weighted by atomic mass is 19.1. The summed E-state index contributed by atoms with van der Waals surface area (Å²) in [4.78, 5) is 3.99. The first-order chi connectivity index (χ1) is 10.4. The minimum absolute atomic E-state index is 0.156. The van der Waals surface area contributed by atoms with E-state index in [1.165, 1.54) is 17.1 Å². The van der Waals surface area contributed by atoms with Crippen molar-refractivity contribution in [2.24, 2.45) is 11.5 Å². The van der Waals surface area contributed by atoms with Gasteiger partial charge in [-0.3, -0.25) is 0 Å². The molecule has 0 amide bonds. The predicted molar refractivity (Wildman–Crippen MR) is 79.8 cm³/mol. The predicted octanol–water partition coefficient (Wildman–Crippen LogP) is 1.60. The average Bonchev–Trinajstić information content (AvgIpc) is 3.05. The Bertz CT molecular complexity index is 682. The molecule has 0 saturated carbocycles. The lowest BCUT2D eigenvalue weighted by molar-refractivity contribution is 0.0361. The van der Waals surface area contributed by atoms with Crippen LogP contribution < -0.4 is 11.5 Å². The van der Waals surface area contributed by atoms with Gasteiger partial charge in [0.25, 0.3) is 0 Å². The van der Waals surface area contributed by atoms with Crippen LogP contribution >= 0.6 is 0 Å². The molecular formula is C15H20FN5O. The Morgan fingerprint density at radius 2 is 2.18 bits per heavy atom. The molecule has 1 aliphatic rings. The quantitative estimate of drug-likeness (QED) is 0.840.